The Morgan fingerprint density at radius 1 is 1.04 bits per heavy atom. The maximum absolute atomic E-state index is 13.3. The van der Waals surface area contributed by atoms with Gasteiger partial charge < -0.3 is 10.2 Å². The zero-order valence-electron chi connectivity index (χ0n) is 16.5. The second-order valence-electron chi connectivity index (χ2n) is 7.43. The summed E-state index contributed by atoms with van der Waals surface area (Å²) in [6.45, 7) is 6.71. The van der Waals surface area contributed by atoms with Gasteiger partial charge in [0.2, 0.25) is 10.0 Å². The number of benzene rings is 2. The summed E-state index contributed by atoms with van der Waals surface area (Å²) in [4.78, 5) is 14.8. The summed E-state index contributed by atoms with van der Waals surface area (Å²) < 4.78 is 28.1. The minimum absolute atomic E-state index is 0.0537. The molecule has 1 aliphatic rings. The summed E-state index contributed by atoms with van der Waals surface area (Å²) in [5, 5.41) is 2.88. The Kier molecular flexibility index (Phi) is 6.05. The van der Waals surface area contributed by atoms with Crippen LogP contribution >= 0.6 is 0 Å². The molecule has 1 fully saturated rings. The van der Waals surface area contributed by atoms with E-state index in [4.69, 9.17) is 0 Å². The minimum Gasteiger partial charge on any atom is -0.308 e. The van der Waals surface area contributed by atoms with Crippen LogP contribution in [0.5, 0.6) is 0 Å². The first-order chi connectivity index (χ1) is 13.3. The molecule has 150 valence electrons. The number of anilines is 1. The van der Waals surface area contributed by atoms with Gasteiger partial charge in [-0.25, -0.2) is 13.2 Å². The fourth-order valence-corrected chi connectivity index (χ4v) is 5.32. The number of carbonyl (C=O) groups is 1. The SMILES string of the molecule is Cc1ccc(S(=O)(=O)N2CCCN(C(=O)Nc3ccccc3)[C@@H]2C(C)C)cc1. The lowest BCUT2D eigenvalue weighted by Crippen LogP contribution is -2.60. The molecule has 28 heavy (non-hydrogen) atoms. The van der Waals surface area contributed by atoms with Crippen LogP contribution in [0, 0.1) is 12.8 Å². The first-order valence-corrected chi connectivity index (χ1v) is 11.0. The molecule has 2 aromatic carbocycles. The molecule has 1 aliphatic heterocycles. The Morgan fingerprint density at radius 2 is 1.68 bits per heavy atom. The molecule has 1 saturated heterocycles. The maximum Gasteiger partial charge on any atom is 0.323 e. The van der Waals surface area contributed by atoms with Crippen molar-refractivity contribution in [2.45, 2.75) is 38.3 Å². The number of carbonyl (C=O) groups excluding carboxylic acids is 1. The number of rotatable bonds is 4. The molecule has 0 unspecified atom stereocenters. The van der Waals surface area contributed by atoms with E-state index in [1.807, 2.05) is 51.1 Å². The topological polar surface area (TPSA) is 69.7 Å². The molecule has 0 radical (unpaired) electrons. The highest BCUT2D eigenvalue weighted by molar-refractivity contribution is 7.89. The number of nitrogens with zero attached hydrogens (tertiary/aromatic N) is 2. The van der Waals surface area contributed by atoms with Crippen LogP contribution in [0.3, 0.4) is 0 Å². The first kappa shape index (κ1) is 20.4. The fourth-order valence-electron chi connectivity index (χ4n) is 3.56. The summed E-state index contributed by atoms with van der Waals surface area (Å²) in [6, 6.07) is 15.8. The van der Waals surface area contributed by atoms with Crippen molar-refractivity contribution in [2.24, 2.45) is 5.92 Å². The highest BCUT2D eigenvalue weighted by Crippen LogP contribution is 2.28. The number of aryl methyl sites for hydroxylation is 1. The molecule has 3 rings (SSSR count). The van der Waals surface area contributed by atoms with E-state index in [2.05, 4.69) is 5.32 Å². The average Bonchev–Trinajstić information content (AvgIpc) is 2.68. The molecule has 1 N–H and O–H groups in total. The molecule has 0 saturated carbocycles. The number of hydrogen-bond acceptors (Lipinski definition) is 3. The highest BCUT2D eigenvalue weighted by atomic mass is 32.2. The summed E-state index contributed by atoms with van der Waals surface area (Å²) in [7, 11) is -3.70. The first-order valence-electron chi connectivity index (χ1n) is 9.52. The molecule has 0 bridgehead atoms. The average molecular weight is 402 g/mol. The van der Waals surface area contributed by atoms with E-state index in [0.29, 0.717) is 25.2 Å². The van der Waals surface area contributed by atoms with Crippen molar-refractivity contribution in [3.63, 3.8) is 0 Å². The Balaban J connectivity index is 1.89. The van der Waals surface area contributed by atoms with Gasteiger partial charge in [-0.3, -0.25) is 0 Å². The van der Waals surface area contributed by atoms with E-state index in [1.54, 1.807) is 29.2 Å². The molecule has 2 amide bonds. The fraction of sp³-hybridized carbons (Fsp3) is 0.381. The van der Waals surface area contributed by atoms with Crippen molar-refractivity contribution in [1.29, 1.82) is 0 Å². The van der Waals surface area contributed by atoms with Crippen molar-refractivity contribution in [3.05, 3.63) is 60.2 Å². The standard InChI is InChI=1S/C21H27N3O3S/c1-16(2)20-23(21(25)22-18-8-5-4-6-9-18)14-7-15-24(20)28(26,27)19-12-10-17(3)11-13-19/h4-6,8-13,16,20H,7,14-15H2,1-3H3,(H,22,25)/t20-/m0/s1. The molecular formula is C21H27N3O3S. The summed E-state index contributed by atoms with van der Waals surface area (Å²) >= 11 is 0. The minimum atomic E-state index is -3.70. The van der Waals surface area contributed by atoms with Crippen molar-refractivity contribution >= 4 is 21.7 Å². The summed E-state index contributed by atoms with van der Waals surface area (Å²) in [6.07, 6.45) is 0.0556. The lowest BCUT2D eigenvalue weighted by molar-refractivity contribution is 0.0610. The van der Waals surface area contributed by atoms with E-state index in [1.165, 1.54) is 4.31 Å². The van der Waals surface area contributed by atoms with E-state index in [-0.39, 0.29) is 16.8 Å². The van der Waals surface area contributed by atoms with Gasteiger partial charge in [0, 0.05) is 18.8 Å². The van der Waals surface area contributed by atoms with Gasteiger partial charge in [-0.05, 0) is 43.5 Å². The van der Waals surface area contributed by atoms with Crippen molar-refractivity contribution in [2.75, 3.05) is 18.4 Å². The molecule has 1 heterocycles. The second-order valence-corrected chi connectivity index (χ2v) is 9.32. The van der Waals surface area contributed by atoms with Crippen LogP contribution in [0.2, 0.25) is 0 Å². The molecule has 0 aliphatic carbocycles. The van der Waals surface area contributed by atoms with Crippen molar-refractivity contribution in [1.82, 2.24) is 9.21 Å². The summed E-state index contributed by atoms with van der Waals surface area (Å²) in [5.41, 5.74) is 1.69. The molecule has 0 spiro atoms. The van der Waals surface area contributed by atoms with Crippen LogP contribution < -0.4 is 5.32 Å². The smallest absolute Gasteiger partial charge is 0.308 e. The molecule has 6 nitrogen and oxygen atoms in total. The second kappa shape index (κ2) is 8.32. The van der Waals surface area contributed by atoms with Crippen LogP contribution in [-0.4, -0.2) is 42.9 Å². The Morgan fingerprint density at radius 3 is 2.29 bits per heavy atom. The number of sulfonamides is 1. The number of amides is 2. The van der Waals surface area contributed by atoms with Gasteiger partial charge in [0.25, 0.3) is 0 Å². The lowest BCUT2D eigenvalue weighted by Gasteiger charge is -2.44. The van der Waals surface area contributed by atoms with Gasteiger partial charge in [-0.2, -0.15) is 4.31 Å². The summed E-state index contributed by atoms with van der Waals surface area (Å²) in [5.74, 6) is -0.0537. The third-order valence-electron chi connectivity index (χ3n) is 4.90. The van der Waals surface area contributed by atoms with E-state index in [0.717, 1.165) is 5.56 Å². The quantitative estimate of drug-likeness (QED) is 0.845. The van der Waals surface area contributed by atoms with Gasteiger partial charge in [0.05, 0.1) is 4.90 Å². The van der Waals surface area contributed by atoms with Gasteiger partial charge in [0.15, 0.2) is 0 Å². The van der Waals surface area contributed by atoms with Crippen LogP contribution in [0.25, 0.3) is 0 Å². The van der Waals surface area contributed by atoms with E-state index in [9.17, 15) is 13.2 Å². The van der Waals surface area contributed by atoms with E-state index < -0.39 is 16.2 Å². The maximum atomic E-state index is 13.3. The van der Waals surface area contributed by atoms with Crippen LogP contribution in [-0.2, 0) is 10.0 Å². The Hall–Kier alpha value is -2.38. The molecule has 7 heteroatoms. The van der Waals surface area contributed by atoms with Gasteiger partial charge in [0.1, 0.15) is 6.17 Å². The van der Waals surface area contributed by atoms with E-state index >= 15 is 0 Å². The van der Waals surface area contributed by atoms with Crippen molar-refractivity contribution in [3.8, 4) is 0 Å². The third-order valence-corrected chi connectivity index (χ3v) is 6.79. The van der Waals surface area contributed by atoms with Crippen LogP contribution in [0.1, 0.15) is 25.8 Å². The molecule has 0 aromatic heterocycles. The lowest BCUT2D eigenvalue weighted by atomic mass is 10.1. The Labute approximate surface area is 167 Å². The predicted octanol–water partition coefficient (Wildman–Crippen LogP) is 3.91. The van der Waals surface area contributed by atoms with Gasteiger partial charge in [-0.15, -0.1) is 0 Å². The number of para-hydroxylation sites is 1. The van der Waals surface area contributed by atoms with Crippen molar-refractivity contribution < 1.29 is 13.2 Å². The normalized spacial score (nSPS) is 18.3. The highest BCUT2D eigenvalue weighted by Gasteiger charge is 2.41. The van der Waals surface area contributed by atoms with Crippen LogP contribution in [0.15, 0.2) is 59.5 Å². The number of nitrogens with one attached hydrogen (secondary N) is 1. The molecule has 1 atom stereocenters. The molecule has 2 aromatic rings. The predicted molar refractivity (Wildman–Crippen MR) is 110 cm³/mol. The molecular weight excluding hydrogens is 374 g/mol. The van der Waals surface area contributed by atoms with Gasteiger partial charge in [-0.1, -0.05) is 49.7 Å². The third kappa shape index (κ3) is 4.20. The zero-order chi connectivity index (χ0) is 20.3. The van der Waals surface area contributed by atoms with Crippen LogP contribution in [0.4, 0.5) is 10.5 Å². The monoisotopic (exact) mass is 401 g/mol. The number of urea groups is 1. The number of hydrogen-bond donors (Lipinski definition) is 1. The van der Waals surface area contributed by atoms with Gasteiger partial charge >= 0.3 is 6.03 Å². The zero-order valence-corrected chi connectivity index (χ0v) is 17.3. The largest absolute Gasteiger partial charge is 0.323 e. The Bertz CT molecular complexity index is 912.